The number of halogens is 2. The maximum atomic E-state index is 10.2. The van der Waals surface area contributed by atoms with Crippen molar-refractivity contribution < 1.29 is 5.11 Å². The topological polar surface area (TPSA) is 44.3 Å². The minimum absolute atomic E-state index is 0. The van der Waals surface area contributed by atoms with E-state index < -0.39 is 5.60 Å². The van der Waals surface area contributed by atoms with E-state index in [1.54, 1.807) is 0 Å². The molecule has 2 aliphatic rings. The van der Waals surface area contributed by atoms with Crippen molar-refractivity contribution in [2.45, 2.75) is 18.1 Å². The van der Waals surface area contributed by atoms with Gasteiger partial charge >= 0.3 is 0 Å². The van der Waals surface area contributed by atoms with E-state index in [0.717, 1.165) is 26.1 Å². The Morgan fingerprint density at radius 1 is 1.24 bits per heavy atom. The highest BCUT2D eigenvalue weighted by Gasteiger charge is 2.31. The summed E-state index contributed by atoms with van der Waals surface area (Å²) in [6, 6.07) is 0.576. The number of aliphatic hydroxyl groups is 1. The largest absolute Gasteiger partial charge is 0.387 e. The summed E-state index contributed by atoms with van der Waals surface area (Å²) in [5, 5.41) is 16.9. The van der Waals surface area contributed by atoms with Crippen LogP contribution in [-0.4, -0.2) is 59.4 Å². The summed E-state index contributed by atoms with van der Waals surface area (Å²) in [6.07, 6.45) is 0.882. The van der Waals surface area contributed by atoms with Gasteiger partial charge in [-0.3, -0.25) is 0 Å². The maximum Gasteiger partial charge on any atom is 0.0907 e. The van der Waals surface area contributed by atoms with E-state index in [2.05, 4.69) is 10.6 Å². The fraction of sp³-hybridized carbons (Fsp3) is 1.00. The smallest absolute Gasteiger partial charge is 0.0907 e. The molecule has 1 atom stereocenters. The summed E-state index contributed by atoms with van der Waals surface area (Å²) >= 11 is 4.05. The molecule has 0 spiro atoms. The molecule has 0 aromatic rings. The van der Waals surface area contributed by atoms with Gasteiger partial charge in [0.1, 0.15) is 0 Å². The SMILES string of the molecule is Cl.Cl.OC1(CNC2CSCCSC2)CCNC1. The first-order valence-corrected chi connectivity index (χ1v) is 7.91. The van der Waals surface area contributed by atoms with E-state index in [9.17, 15) is 5.11 Å². The van der Waals surface area contributed by atoms with Crippen molar-refractivity contribution >= 4 is 48.3 Å². The van der Waals surface area contributed by atoms with E-state index in [-0.39, 0.29) is 24.8 Å². The van der Waals surface area contributed by atoms with Crippen LogP contribution < -0.4 is 10.6 Å². The van der Waals surface area contributed by atoms with E-state index in [4.69, 9.17) is 0 Å². The third-order valence-electron chi connectivity index (χ3n) is 2.95. The predicted molar refractivity (Wildman–Crippen MR) is 83.4 cm³/mol. The van der Waals surface area contributed by atoms with E-state index in [0.29, 0.717) is 6.04 Å². The molecular formula is C10H22Cl2N2OS2. The van der Waals surface area contributed by atoms with Crippen LogP contribution in [0.5, 0.6) is 0 Å². The summed E-state index contributed by atoms with van der Waals surface area (Å²) in [5.41, 5.74) is -0.498. The molecule has 17 heavy (non-hydrogen) atoms. The Bertz CT molecular complexity index is 199. The van der Waals surface area contributed by atoms with Gasteiger partial charge < -0.3 is 15.7 Å². The first-order valence-electron chi connectivity index (χ1n) is 5.60. The second kappa shape index (κ2) is 9.13. The summed E-state index contributed by atoms with van der Waals surface area (Å²) in [6.45, 7) is 2.44. The second-order valence-corrected chi connectivity index (χ2v) is 6.68. The van der Waals surface area contributed by atoms with Gasteiger partial charge in [-0.2, -0.15) is 23.5 Å². The normalized spacial score (nSPS) is 30.2. The van der Waals surface area contributed by atoms with Gasteiger partial charge in [-0.25, -0.2) is 0 Å². The lowest BCUT2D eigenvalue weighted by Gasteiger charge is -2.25. The molecular weight excluding hydrogens is 299 g/mol. The molecule has 0 saturated carbocycles. The Hall–Kier alpha value is 1.16. The van der Waals surface area contributed by atoms with Gasteiger partial charge in [0, 0.05) is 42.1 Å². The number of hydrogen-bond acceptors (Lipinski definition) is 5. The summed E-state index contributed by atoms with van der Waals surface area (Å²) in [5.74, 6) is 4.93. The summed E-state index contributed by atoms with van der Waals surface area (Å²) < 4.78 is 0. The molecule has 2 heterocycles. The summed E-state index contributed by atoms with van der Waals surface area (Å²) in [4.78, 5) is 0. The highest BCUT2D eigenvalue weighted by atomic mass is 35.5. The maximum absolute atomic E-state index is 10.2. The summed E-state index contributed by atoms with van der Waals surface area (Å²) in [7, 11) is 0. The van der Waals surface area contributed by atoms with Gasteiger partial charge in [-0.15, -0.1) is 24.8 Å². The Morgan fingerprint density at radius 3 is 2.41 bits per heavy atom. The van der Waals surface area contributed by atoms with Crippen molar-refractivity contribution in [2.75, 3.05) is 42.6 Å². The van der Waals surface area contributed by atoms with Crippen LogP contribution >= 0.6 is 48.3 Å². The molecule has 1 unspecified atom stereocenters. The molecule has 0 amide bonds. The number of rotatable bonds is 3. The molecule has 2 fully saturated rings. The van der Waals surface area contributed by atoms with Gasteiger partial charge in [0.25, 0.3) is 0 Å². The zero-order valence-electron chi connectivity index (χ0n) is 9.81. The van der Waals surface area contributed by atoms with E-state index >= 15 is 0 Å². The van der Waals surface area contributed by atoms with E-state index in [1.165, 1.54) is 23.0 Å². The van der Waals surface area contributed by atoms with Gasteiger partial charge in [-0.05, 0) is 13.0 Å². The number of nitrogens with one attached hydrogen (secondary N) is 2. The molecule has 0 aromatic heterocycles. The molecule has 0 aromatic carbocycles. The Balaban J connectivity index is 0.00000128. The highest BCUT2D eigenvalue weighted by molar-refractivity contribution is 8.03. The van der Waals surface area contributed by atoms with Gasteiger partial charge in [0.05, 0.1) is 5.60 Å². The third kappa shape index (κ3) is 6.23. The van der Waals surface area contributed by atoms with Crippen LogP contribution in [0.4, 0.5) is 0 Å². The minimum atomic E-state index is -0.498. The van der Waals surface area contributed by atoms with Gasteiger partial charge in [0.2, 0.25) is 0 Å². The van der Waals surface area contributed by atoms with Crippen molar-refractivity contribution in [2.24, 2.45) is 0 Å². The van der Waals surface area contributed by atoms with Crippen LogP contribution in [0.25, 0.3) is 0 Å². The number of thioether (sulfide) groups is 2. The molecule has 104 valence electrons. The average Bonchev–Trinajstić information content (AvgIpc) is 2.53. The second-order valence-electron chi connectivity index (χ2n) is 4.38. The molecule has 3 N–H and O–H groups in total. The molecule has 2 rings (SSSR count). The molecule has 0 bridgehead atoms. The standard InChI is InChI=1S/C10H20N2OS2.2ClH/c13-10(1-2-11-7-10)8-12-9-5-14-3-4-15-6-9;;/h9,11-13H,1-8H2;2*1H. The van der Waals surface area contributed by atoms with E-state index in [1.807, 2.05) is 23.5 Å². The van der Waals surface area contributed by atoms with Crippen molar-refractivity contribution in [3.63, 3.8) is 0 Å². The predicted octanol–water partition coefficient (Wildman–Crippen LogP) is 0.993. The molecule has 7 heteroatoms. The van der Waals surface area contributed by atoms with Crippen molar-refractivity contribution in [3.05, 3.63) is 0 Å². The lowest BCUT2D eigenvalue weighted by atomic mass is 10.0. The van der Waals surface area contributed by atoms with Gasteiger partial charge in [-0.1, -0.05) is 0 Å². The zero-order chi connectivity index (χ0) is 10.6. The van der Waals surface area contributed by atoms with Crippen LogP contribution in [0.3, 0.4) is 0 Å². The lowest BCUT2D eigenvalue weighted by Crippen LogP contribution is -2.47. The first-order chi connectivity index (χ1) is 7.29. The molecule has 3 nitrogen and oxygen atoms in total. The van der Waals surface area contributed by atoms with Crippen molar-refractivity contribution in [1.29, 1.82) is 0 Å². The molecule has 0 radical (unpaired) electrons. The van der Waals surface area contributed by atoms with Crippen molar-refractivity contribution in [3.8, 4) is 0 Å². The van der Waals surface area contributed by atoms with Crippen LogP contribution in [0.1, 0.15) is 6.42 Å². The Labute approximate surface area is 124 Å². The molecule has 0 aliphatic carbocycles. The fourth-order valence-electron chi connectivity index (χ4n) is 1.95. The molecule has 2 saturated heterocycles. The van der Waals surface area contributed by atoms with Crippen molar-refractivity contribution in [1.82, 2.24) is 10.6 Å². The van der Waals surface area contributed by atoms with Crippen LogP contribution in [0.2, 0.25) is 0 Å². The average molecular weight is 321 g/mol. The van der Waals surface area contributed by atoms with Gasteiger partial charge in [0.15, 0.2) is 0 Å². The highest BCUT2D eigenvalue weighted by Crippen LogP contribution is 2.18. The monoisotopic (exact) mass is 320 g/mol. The zero-order valence-corrected chi connectivity index (χ0v) is 13.1. The number of β-amino-alcohol motifs (C(OH)–C–C–N with tert-alkyl or cyclic N) is 1. The quantitative estimate of drug-likeness (QED) is 0.724. The van der Waals surface area contributed by atoms with Crippen LogP contribution in [0.15, 0.2) is 0 Å². The minimum Gasteiger partial charge on any atom is -0.387 e. The fourth-order valence-corrected chi connectivity index (χ4v) is 4.42. The Kier molecular flexibility index (Phi) is 9.75. The third-order valence-corrected chi connectivity index (χ3v) is 5.47. The van der Waals surface area contributed by atoms with Crippen LogP contribution in [-0.2, 0) is 0 Å². The Morgan fingerprint density at radius 2 is 1.88 bits per heavy atom. The van der Waals surface area contributed by atoms with Crippen LogP contribution in [0, 0.1) is 0 Å². The molecule has 2 aliphatic heterocycles. The first kappa shape index (κ1) is 18.2. The number of hydrogen-bond donors (Lipinski definition) is 3. The lowest BCUT2D eigenvalue weighted by molar-refractivity contribution is 0.0595.